The van der Waals surface area contributed by atoms with E-state index in [1.165, 1.54) is 8.61 Å². The van der Waals surface area contributed by atoms with E-state index in [9.17, 15) is 8.42 Å². The second kappa shape index (κ2) is 8.37. The van der Waals surface area contributed by atoms with Gasteiger partial charge < -0.3 is 8.83 Å². The minimum Gasteiger partial charge on any atom is -0.419 e. The molecular weight excluding hydrogens is 468 g/mol. The lowest BCUT2D eigenvalue weighted by molar-refractivity contribution is 0.500. The number of rotatable bonds is 6. The first-order chi connectivity index (χ1) is 17.1. The van der Waals surface area contributed by atoms with Crippen LogP contribution in [0.25, 0.3) is 22.9 Å². The zero-order valence-corrected chi connectivity index (χ0v) is 19.0. The van der Waals surface area contributed by atoms with Crippen molar-refractivity contribution in [3.8, 4) is 22.9 Å². The lowest BCUT2D eigenvalue weighted by Crippen LogP contribution is -2.37. The molecule has 11 heteroatoms. The number of hydrogen-bond donors (Lipinski definition) is 0. The van der Waals surface area contributed by atoms with Crippen LogP contribution in [0.2, 0.25) is 0 Å². The Labute approximate surface area is 200 Å². The highest BCUT2D eigenvalue weighted by molar-refractivity contribution is 7.94. The molecule has 0 saturated carbocycles. The van der Waals surface area contributed by atoms with E-state index in [1.54, 1.807) is 24.3 Å². The topological polar surface area (TPSA) is 118 Å². The van der Waals surface area contributed by atoms with E-state index in [2.05, 4.69) is 20.4 Å². The molecule has 1 aliphatic rings. The van der Waals surface area contributed by atoms with Gasteiger partial charge in [0.05, 0.1) is 11.4 Å². The van der Waals surface area contributed by atoms with Gasteiger partial charge in [-0.3, -0.25) is 0 Å². The number of anilines is 2. The third kappa shape index (κ3) is 3.81. The molecule has 0 aliphatic carbocycles. The molecule has 0 fully saturated rings. The summed E-state index contributed by atoms with van der Waals surface area (Å²) < 4.78 is 41.2. The van der Waals surface area contributed by atoms with E-state index in [0.717, 1.165) is 11.1 Å². The van der Waals surface area contributed by atoms with Crippen LogP contribution in [-0.2, 0) is 23.3 Å². The summed E-state index contributed by atoms with van der Waals surface area (Å²) in [5, 5.41) is 16.2. The van der Waals surface area contributed by atoms with Crippen molar-refractivity contribution in [2.45, 2.75) is 13.1 Å². The zero-order valence-electron chi connectivity index (χ0n) is 18.2. The van der Waals surface area contributed by atoms with E-state index in [4.69, 9.17) is 8.83 Å². The molecule has 0 saturated heterocycles. The highest BCUT2D eigenvalue weighted by atomic mass is 32.2. The third-order valence-electron chi connectivity index (χ3n) is 5.51. The zero-order chi connectivity index (χ0) is 23.8. The van der Waals surface area contributed by atoms with Crippen molar-refractivity contribution in [2.75, 3.05) is 8.61 Å². The number of aromatic nitrogens is 4. The monoisotopic (exact) mass is 486 g/mol. The van der Waals surface area contributed by atoms with E-state index in [-0.39, 0.29) is 24.9 Å². The lowest BCUT2D eigenvalue weighted by atomic mass is 10.2. The molecule has 0 atom stereocenters. The minimum absolute atomic E-state index is 0.116. The van der Waals surface area contributed by atoms with Crippen LogP contribution in [0, 0.1) is 0 Å². The first-order valence-electron chi connectivity index (χ1n) is 10.7. The average Bonchev–Trinajstić information content (AvgIpc) is 3.61. The minimum atomic E-state index is -3.98. The number of fused-ring (bicyclic) bond motifs is 1. The molecule has 0 unspecified atom stereocenters. The molecule has 35 heavy (non-hydrogen) atoms. The number of nitrogens with zero attached hydrogens (tertiary/aromatic N) is 6. The van der Waals surface area contributed by atoms with Gasteiger partial charge in [-0.2, -0.15) is 8.42 Å². The van der Waals surface area contributed by atoms with Gasteiger partial charge in [-0.1, -0.05) is 48.5 Å². The molecule has 1 aliphatic heterocycles. The Hall–Kier alpha value is -4.51. The molecule has 3 heterocycles. The summed E-state index contributed by atoms with van der Waals surface area (Å²) in [7, 11) is -3.98. The first-order valence-corrected chi connectivity index (χ1v) is 12.1. The van der Waals surface area contributed by atoms with Crippen LogP contribution in [0.5, 0.6) is 0 Å². The highest BCUT2D eigenvalue weighted by Crippen LogP contribution is 2.42. The van der Waals surface area contributed by atoms with Gasteiger partial charge in [-0.15, -0.1) is 20.4 Å². The molecule has 0 bridgehead atoms. The van der Waals surface area contributed by atoms with E-state index in [0.29, 0.717) is 23.2 Å². The predicted molar refractivity (Wildman–Crippen MR) is 127 cm³/mol. The average molecular weight is 487 g/mol. The second-order valence-corrected chi connectivity index (χ2v) is 9.52. The highest BCUT2D eigenvalue weighted by Gasteiger charge is 2.41. The van der Waals surface area contributed by atoms with Crippen LogP contribution in [0.3, 0.4) is 0 Å². The Morgan fingerprint density at radius 3 is 1.40 bits per heavy atom. The summed E-state index contributed by atoms with van der Waals surface area (Å²) in [6, 6.07) is 25.6. The van der Waals surface area contributed by atoms with Gasteiger partial charge in [-0.05, 0) is 36.4 Å². The Morgan fingerprint density at radius 2 is 0.971 bits per heavy atom. The van der Waals surface area contributed by atoms with Crippen LogP contribution in [0.4, 0.5) is 11.4 Å². The van der Waals surface area contributed by atoms with Gasteiger partial charge in [0.1, 0.15) is 13.1 Å². The number of para-hydroxylation sites is 2. The van der Waals surface area contributed by atoms with E-state index in [1.807, 2.05) is 60.7 Å². The van der Waals surface area contributed by atoms with Crippen molar-refractivity contribution in [3.05, 3.63) is 96.7 Å². The van der Waals surface area contributed by atoms with Gasteiger partial charge in [0, 0.05) is 11.1 Å². The van der Waals surface area contributed by atoms with E-state index >= 15 is 0 Å². The first kappa shape index (κ1) is 21.1. The van der Waals surface area contributed by atoms with Crippen LogP contribution in [0.1, 0.15) is 11.8 Å². The summed E-state index contributed by atoms with van der Waals surface area (Å²) in [6.07, 6.45) is 0. The summed E-state index contributed by atoms with van der Waals surface area (Å²) in [6.45, 7) is -0.233. The Balaban J connectivity index is 1.29. The summed E-state index contributed by atoms with van der Waals surface area (Å²) in [5.74, 6) is 0.991. The van der Waals surface area contributed by atoms with Crippen LogP contribution < -0.4 is 8.61 Å². The Morgan fingerprint density at radius 1 is 0.571 bits per heavy atom. The van der Waals surface area contributed by atoms with Gasteiger partial charge in [0.2, 0.25) is 23.6 Å². The van der Waals surface area contributed by atoms with E-state index < -0.39 is 10.2 Å². The quantitative estimate of drug-likeness (QED) is 0.353. The lowest BCUT2D eigenvalue weighted by Gasteiger charge is -2.19. The summed E-state index contributed by atoms with van der Waals surface area (Å²) in [4.78, 5) is 0. The molecule has 3 aromatic carbocycles. The maximum absolute atomic E-state index is 13.6. The smallest absolute Gasteiger partial charge is 0.327 e. The maximum Gasteiger partial charge on any atom is 0.327 e. The van der Waals surface area contributed by atoms with Crippen LogP contribution in [0.15, 0.2) is 93.8 Å². The molecule has 0 N–H and O–H groups in total. The van der Waals surface area contributed by atoms with Crippen molar-refractivity contribution in [3.63, 3.8) is 0 Å². The summed E-state index contributed by atoms with van der Waals surface area (Å²) >= 11 is 0. The SMILES string of the molecule is O=S1(=O)N(Cc2nnc(-c3ccccc3)o2)c2ccccc2N1Cc1nnc(-c2ccccc2)o1. The predicted octanol–water partition coefficient (Wildman–Crippen LogP) is 4.06. The fraction of sp³-hybridized carbons (Fsp3) is 0.0833. The normalized spacial score (nSPS) is 14.3. The van der Waals surface area contributed by atoms with Crippen molar-refractivity contribution < 1.29 is 17.3 Å². The molecule has 0 radical (unpaired) electrons. The summed E-state index contributed by atoms with van der Waals surface area (Å²) in [5.41, 5.74) is 2.50. The van der Waals surface area contributed by atoms with Crippen LogP contribution >= 0.6 is 0 Å². The van der Waals surface area contributed by atoms with Crippen molar-refractivity contribution in [1.29, 1.82) is 0 Å². The number of hydrogen-bond acceptors (Lipinski definition) is 8. The third-order valence-corrected chi connectivity index (χ3v) is 7.27. The molecule has 6 rings (SSSR count). The standard InChI is InChI=1S/C24H18N6O4S/c31-35(32)29(15-21-25-27-23(33-21)17-9-3-1-4-10-17)19-13-7-8-14-20(19)30(35)16-22-26-28-24(34-22)18-11-5-2-6-12-18/h1-14H,15-16H2. The fourth-order valence-corrected chi connectivity index (χ4v) is 5.45. The molecular formula is C24H18N6O4S. The molecule has 0 spiro atoms. The van der Waals surface area contributed by atoms with Crippen LogP contribution in [-0.4, -0.2) is 28.8 Å². The second-order valence-electron chi connectivity index (χ2n) is 7.74. The van der Waals surface area contributed by atoms with Gasteiger partial charge in [0.25, 0.3) is 0 Å². The fourth-order valence-electron chi connectivity index (χ4n) is 3.86. The molecule has 10 nitrogen and oxygen atoms in total. The molecule has 5 aromatic rings. The molecule has 2 aromatic heterocycles. The van der Waals surface area contributed by atoms with Crippen molar-refractivity contribution in [1.82, 2.24) is 20.4 Å². The Kier molecular flexibility index (Phi) is 5.03. The van der Waals surface area contributed by atoms with Crippen molar-refractivity contribution >= 4 is 21.6 Å². The Bertz CT molecular complexity index is 1470. The molecule has 174 valence electrons. The largest absolute Gasteiger partial charge is 0.419 e. The van der Waals surface area contributed by atoms with Gasteiger partial charge >= 0.3 is 10.2 Å². The number of benzene rings is 3. The van der Waals surface area contributed by atoms with Gasteiger partial charge in [-0.25, -0.2) is 8.61 Å². The maximum atomic E-state index is 13.6. The molecule has 0 amide bonds. The van der Waals surface area contributed by atoms with Gasteiger partial charge in [0.15, 0.2) is 0 Å². The van der Waals surface area contributed by atoms with Crippen molar-refractivity contribution in [2.24, 2.45) is 0 Å².